The van der Waals surface area contributed by atoms with Gasteiger partial charge >= 0.3 is 0 Å². The maximum Gasteiger partial charge on any atom is 0.246 e. The number of anilines is 1. The van der Waals surface area contributed by atoms with Crippen LogP contribution in [0.3, 0.4) is 0 Å². The minimum Gasteiger partial charge on any atom is -0.497 e. The molecule has 7 heteroatoms. The first kappa shape index (κ1) is 26.5. The molecule has 36 heavy (non-hydrogen) atoms. The second-order valence-electron chi connectivity index (χ2n) is 9.07. The SMILES string of the molecule is COc1ccc(CC(=O)NC(C)(Cc2cccc(NC(C)=O)c2)C(=O)N[C@@H](C)c2ccccc2)cc1. The number of nitrogens with one attached hydrogen (secondary N) is 3. The molecule has 0 aliphatic heterocycles. The molecular weight excluding hydrogens is 454 g/mol. The molecule has 2 atom stereocenters. The lowest BCUT2D eigenvalue weighted by Crippen LogP contribution is -2.58. The van der Waals surface area contributed by atoms with Crippen molar-refractivity contribution in [1.82, 2.24) is 10.6 Å². The van der Waals surface area contributed by atoms with Gasteiger partial charge in [-0.3, -0.25) is 14.4 Å². The van der Waals surface area contributed by atoms with Crippen molar-refractivity contribution in [2.75, 3.05) is 12.4 Å². The van der Waals surface area contributed by atoms with Gasteiger partial charge in [-0.25, -0.2) is 0 Å². The van der Waals surface area contributed by atoms with E-state index in [1.807, 2.05) is 67.6 Å². The van der Waals surface area contributed by atoms with E-state index in [4.69, 9.17) is 4.74 Å². The van der Waals surface area contributed by atoms with Crippen molar-refractivity contribution in [2.24, 2.45) is 0 Å². The number of ether oxygens (including phenoxy) is 1. The molecule has 3 amide bonds. The van der Waals surface area contributed by atoms with Gasteiger partial charge in [-0.15, -0.1) is 0 Å². The smallest absolute Gasteiger partial charge is 0.246 e. The molecule has 3 aromatic carbocycles. The van der Waals surface area contributed by atoms with Gasteiger partial charge < -0.3 is 20.7 Å². The van der Waals surface area contributed by atoms with Gasteiger partial charge in [-0.05, 0) is 54.8 Å². The molecule has 3 rings (SSSR count). The maximum atomic E-state index is 13.6. The van der Waals surface area contributed by atoms with E-state index in [9.17, 15) is 14.4 Å². The molecule has 0 saturated heterocycles. The summed E-state index contributed by atoms with van der Waals surface area (Å²) in [4.78, 5) is 38.1. The van der Waals surface area contributed by atoms with Crippen molar-refractivity contribution < 1.29 is 19.1 Å². The molecule has 0 spiro atoms. The number of hydrogen-bond acceptors (Lipinski definition) is 4. The highest BCUT2D eigenvalue weighted by Gasteiger charge is 2.36. The van der Waals surface area contributed by atoms with Gasteiger partial charge in [0.25, 0.3) is 0 Å². The molecule has 0 bridgehead atoms. The lowest BCUT2D eigenvalue weighted by Gasteiger charge is -2.31. The number of benzene rings is 3. The normalized spacial score (nSPS) is 13.1. The van der Waals surface area contributed by atoms with E-state index in [0.717, 1.165) is 16.7 Å². The molecule has 188 valence electrons. The molecule has 0 aliphatic carbocycles. The lowest BCUT2D eigenvalue weighted by atomic mass is 9.90. The summed E-state index contributed by atoms with van der Waals surface area (Å²) in [5, 5.41) is 8.77. The highest BCUT2D eigenvalue weighted by Crippen LogP contribution is 2.21. The number of rotatable bonds is 10. The number of carbonyl (C=O) groups is 3. The monoisotopic (exact) mass is 487 g/mol. The molecule has 7 nitrogen and oxygen atoms in total. The number of amides is 3. The van der Waals surface area contributed by atoms with E-state index in [1.165, 1.54) is 6.92 Å². The van der Waals surface area contributed by atoms with Crippen LogP contribution in [0, 0.1) is 0 Å². The lowest BCUT2D eigenvalue weighted by molar-refractivity contribution is -0.133. The standard InChI is InChI=1S/C29H33N3O4/c1-20(24-10-6-5-7-11-24)30-28(35)29(3,19-23-9-8-12-25(17-23)31-21(2)33)32-27(34)18-22-13-15-26(36-4)16-14-22/h5-17,20H,18-19H2,1-4H3,(H,30,35)(H,31,33)(H,32,34)/t20-,29?/m0/s1. The molecule has 3 N–H and O–H groups in total. The van der Waals surface area contributed by atoms with Crippen molar-refractivity contribution in [3.05, 3.63) is 95.6 Å². The summed E-state index contributed by atoms with van der Waals surface area (Å²) < 4.78 is 5.18. The summed E-state index contributed by atoms with van der Waals surface area (Å²) in [6.07, 6.45) is 0.356. The van der Waals surface area contributed by atoms with Gasteiger partial charge in [0.05, 0.1) is 19.6 Å². The zero-order chi connectivity index (χ0) is 26.1. The van der Waals surface area contributed by atoms with E-state index >= 15 is 0 Å². The van der Waals surface area contributed by atoms with Crippen LogP contribution in [0.5, 0.6) is 5.75 Å². The second-order valence-corrected chi connectivity index (χ2v) is 9.07. The van der Waals surface area contributed by atoms with E-state index < -0.39 is 5.54 Å². The quantitative estimate of drug-likeness (QED) is 0.400. The Morgan fingerprint density at radius 3 is 2.25 bits per heavy atom. The molecule has 1 unspecified atom stereocenters. The minimum atomic E-state index is -1.23. The van der Waals surface area contributed by atoms with Crippen LogP contribution in [0.25, 0.3) is 0 Å². The predicted octanol–water partition coefficient (Wildman–Crippen LogP) is 4.19. The fourth-order valence-corrected chi connectivity index (χ4v) is 4.01. The van der Waals surface area contributed by atoms with Gasteiger partial charge in [-0.1, -0.05) is 54.6 Å². The first-order valence-electron chi connectivity index (χ1n) is 11.8. The van der Waals surface area contributed by atoms with Crippen molar-refractivity contribution >= 4 is 23.4 Å². The highest BCUT2D eigenvalue weighted by molar-refractivity contribution is 5.92. The Morgan fingerprint density at radius 2 is 1.61 bits per heavy atom. The Balaban J connectivity index is 1.82. The summed E-state index contributed by atoms with van der Waals surface area (Å²) in [5.74, 6) is -0.0514. The highest BCUT2D eigenvalue weighted by atomic mass is 16.5. The minimum absolute atomic E-state index is 0.118. The third-order valence-corrected chi connectivity index (χ3v) is 5.89. The van der Waals surface area contributed by atoms with Crippen LogP contribution in [0.1, 0.15) is 43.5 Å². The Hall–Kier alpha value is -4.13. The average Bonchev–Trinajstić information content (AvgIpc) is 2.84. The zero-order valence-corrected chi connectivity index (χ0v) is 21.1. The van der Waals surface area contributed by atoms with Gasteiger partial charge in [0.1, 0.15) is 11.3 Å². The average molecular weight is 488 g/mol. The van der Waals surface area contributed by atoms with E-state index in [0.29, 0.717) is 11.4 Å². The summed E-state index contributed by atoms with van der Waals surface area (Å²) >= 11 is 0. The maximum absolute atomic E-state index is 13.6. The molecule has 0 aliphatic rings. The first-order chi connectivity index (χ1) is 17.2. The van der Waals surface area contributed by atoms with Crippen molar-refractivity contribution in [3.63, 3.8) is 0 Å². The molecule has 0 fully saturated rings. The van der Waals surface area contributed by atoms with Crippen LogP contribution in [-0.2, 0) is 27.2 Å². The molecule has 0 radical (unpaired) electrons. The van der Waals surface area contributed by atoms with Gasteiger partial charge in [0.2, 0.25) is 17.7 Å². The molecule has 0 saturated carbocycles. The summed E-state index contributed by atoms with van der Waals surface area (Å²) in [5.41, 5.74) is 1.97. The van der Waals surface area contributed by atoms with Gasteiger partial charge in [-0.2, -0.15) is 0 Å². The van der Waals surface area contributed by atoms with Crippen LogP contribution in [0.4, 0.5) is 5.69 Å². The summed E-state index contributed by atoms with van der Waals surface area (Å²) in [7, 11) is 1.59. The van der Waals surface area contributed by atoms with Crippen LogP contribution in [0.15, 0.2) is 78.9 Å². The predicted molar refractivity (Wildman–Crippen MR) is 141 cm³/mol. The van der Waals surface area contributed by atoms with Gasteiger partial charge in [0, 0.05) is 19.0 Å². The van der Waals surface area contributed by atoms with Gasteiger partial charge in [0.15, 0.2) is 0 Å². The van der Waals surface area contributed by atoms with Crippen LogP contribution in [0.2, 0.25) is 0 Å². The largest absolute Gasteiger partial charge is 0.497 e. The van der Waals surface area contributed by atoms with Crippen molar-refractivity contribution in [3.8, 4) is 5.75 Å². The van der Waals surface area contributed by atoms with Crippen molar-refractivity contribution in [1.29, 1.82) is 0 Å². The van der Waals surface area contributed by atoms with E-state index in [2.05, 4.69) is 16.0 Å². The van der Waals surface area contributed by atoms with Crippen LogP contribution in [-0.4, -0.2) is 30.4 Å². The Bertz CT molecular complexity index is 1190. The molecule has 0 aromatic heterocycles. The fraction of sp³-hybridized carbons (Fsp3) is 0.276. The molecule has 0 heterocycles. The Labute approximate surface area is 212 Å². The van der Waals surface area contributed by atoms with Crippen LogP contribution < -0.4 is 20.7 Å². The summed E-state index contributed by atoms with van der Waals surface area (Å²) in [6, 6.07) is 23.9. The first-order valence-corrected chi connectivity index (χ1v) is 11.8. The zero-order valence-electron chi connectivity index (χ0n) is 21.1. The molecular formula is C29H33N3O4. The third kappa shape index (κ3) is 7.43. The number of methoxy groups -OCH3 is 1. The number of hydrogen-bond donors (Lipinski definition) is 3. The Kier molecular flexibility index (Phi) is 8.84. The van der Waals surface area contributed by atoms with Crippen LogP contribution >= 0.6 is 0 Å². The topological polar surface area (TPSA) is 96.5 Å². The summed E-state index contributed by atoms with van der Waals surface area (Å²) in [6.45, 7) is 5.07. The van der Waals surface area contributed by atoms with E-state index in [1.54, 1.807) is 32.2 Å². The fourth-order valence-electron chi connectivity index (χ4n) is 4.01. The third-order valence-electron chi connectivity index (χ3n) is 5.89. The molecule has 3 aromatic rings. The Morgan fingerprint density at radius 1 is 0.917 bits per heavy atom. The second kappa shape index (κ2) is 12.0. The van der Waals surface area contributed by atoms with E-state index in [-0.39, 0.29) is 36.6 Å². The van der Waals surface area contributed by atoms with Crippen molar-refractivity contribution in [2.45, 2.75) is 45.2 Å². The number of carbonyl (C=O) groups excluding carboxylic acids is 3.